The van der Waals surface area contributed by atoms with Gasteiger partial charge in [0, 0.05) is 22.9 Å². The van der Waals surface area contributed by atoms with Gasteiger partial charge in [-0.3, -0.25) is 9.59 Å². The van der Waals surface area contributed by atoms with Crippen molar-refractivity contribution in [1.29, 1.82) is 0 Å². The maximum Gasteiger partial charge on any atom is 0.331 e. The molecule has 0 aliphatic rings. The second-order valence-electron chi connectivity index (χ2n) is 10.6. The minimum Gasteiger partial charge on any atom is -0.478 e. The summed E-state index contributed by atoms with van der Waals surface area (Å²) in [6, 6.07) is 2.21. The molecule has 1 aromatic rings. The Bertz CT molecular complexity index is 854. The lowest BCUT2D eigenvalue weighted by molar-refractivity contribution is -0.141. The molecule has 33 heavy (non-hydrogen) atoms. The summed E-state index contributed by atoms with van der Waals surface area (Å²) in [7, 11) is 3.41. The quantitative estimate of drug-likeness (QED) is 0.445. The molecule has 0 aliphatic heterocycles. The minimum absolute atomic E-state index is 0.00705. The number of rotatable bonds is 10. The van der Waals surface area contributed by atoms with E-state index in [0.29, 0.717) is 0 Å². The van der Waals surface area contributed by atoms with Crippen LogP contribution in [-0.2, 0) is 19.8 Å². The van der Waals surface area contributed by atoms with E-state index in [1.807, 2.05) is 66.0 Å². The van der Waals surface area contributed by atoms with Crippen LogP contribution in [-0.4, -0.2) is 60.0 Å². The Morgan fingerprint density at radius 2 is 1.70 bits per heavy atom. The molecule has 0 fully saturated rings. The number of hydrogen-bond acceptors (Lipinski definition) is 5. The predicted molar refractivity (Wildman–Crippen MR) is 134 cm³/mol. The van der Waals surface area contributed by atoms with Gasteiger partial charge in [0.05, 0.1) is 12.1 Å². The van der Waals surface area contributed by atoms with Crippen molar-refractivity contribution in [3.05, 3.63) is 34.0 Å². The van der Waals surface area contributed by atoms with Crippen molar-refractivity contribution in [1.82, 2.24) is 15.5 Å². The highest BCUT2D eigenvalue weighted by Gasteiger charge is 2.42. The highest BCUT2D eigenvalue weighted by Crippen LogP contribution is 2.32. The second kappa shape index (κ2) is 11.3. The summed E-state index contributed by atoms with van der Waals surface area (Å²) < 4.78 is 0. The van der Waals surface area contributed by atoms with Gasteiger partial charge in [0.15, 0.2) is 0 Å². The molecule has 2 amide bonds. The van der Waals surface area contributed by atoms with Crippen LogP contribution in [0.5, 0.6) is 0 Å². The molecule has 1 aromatic heterocycles. The van der Waals surface area contributed by atoms with Gasteiger partial charge in [-0.2, -0.15) is 0 Å². The van der Waals surface area contributed by atoms with Crippen molar-refractivity contribution in [2.24, 2.45) is 11.3 Å². The van der Waals surface area contributed by atoms with Gasteiger partial charge >= 0.3 is 5.97 Å². The van der Waals surface area contributed by atoms with Crippen molar-refractivity contribution >= 4 is 29.1 Å². The van der Waals surface area contributed by atoms with Crippen LogP contribution in [0.2, 0.25) is 0 Å². The molecule has 0 aromatic carbocycles. The van der Waals surface area contributed by atoms with Crippen LogP contribution in [0.4, 0.5) is 0 Å². The lowest BCUT2D eigenvalue weighted by atomic mass is 9.80. The number of thiophene rings is 1. The molecular formula is C25H41N3O4S. The van der Waals surface area contributed by atoms with Crippen LogP contribution in [0.3, 0.4) is 0 Å². The van der Waals surface area contributed by atoms with Gasteiger partial charge < -0.3 is 20.6 Å². The van der Waals surface area contributed by atoms with Crippen molar-refractivity contribution in [3.63, 3.8) is 0 Å². The Morgan fingerprint density at radius 3 is 2.09 bits per heavy atom. The number of nitrogens with one attached hydrogen (secondary N) is 2. The Hall–Kier alpha value is -2.19. The first-order valence-corrected chi connectivity index (χ1v) is 12.1. The number of carbonyl (C=O) groups is 3. The monoisotopic (exact) mass is 479 g/mol. The molecule has 0 saturated carbocycles. The van der Waals surface area contributed by atoms with Gasteiger partial charge in [0.2, 0.25) is 11.8 Å². The average molecular weight is 480 g/mol. The lowest BCUT2D eigenvalue weighted by Crippen LogP contribution is -2.61. The zero-order chi connectivity index (χ0) is 25.7. The van der Waals surface area contributed by atoms with Crippen molar-refractivity contribution in [2.75, 3.05) is 14.1 Å². The van der Waals surface area contributed by atoms with Gasteiger partial charge in [-0.15, -0.1) is 11.3 Å². The molecule has 0 unspecified atom stereocenters. The van der Waals surface area contributed by atoms with Gasteiger partial charge in [-0.1, -0.05) is 60.6 Å². The molecule has 0 saturated heterocycles. The van der Waals surface area contributed by atoms with E-state index in [-0.39, 0.29) is 23.3 Å². The Labute approximate surface area is 202 Å². The number of likely N-dealkylation sites (N-methyl/N-ethyl adjacent to an activating group) is 2. The van der Waals surface area contributed by atoms with Gasteiger partial charge in [0.25, 0.3) is 0 Å². The lowest BCUT2D eigenvalue weighted by Gasteiger charge is -2.39. The van der Waals surface area contributed by atoms with Gasteiger partial charge in [-0.05, 0) is 36.8 Å². The third-order valence-corrected chi connectivity index (χ3v) is 7.27. The topological polar surface area (TPSA) is 98.7 Å². The standard InChI is InChI=1S/C25H41N3O4S/c1-15(2)17(14-16(3)23(31)32)28(10)22(30)20(24(4,5)6)27-21(29)19(26-9)25(7,8)18-12-11-13-33-18/h11-15,17,19-20,26H,1-10H3,(H,27,29)(H,31,32)/b16-14+/t17-,19-,20-/m1/s1. The summed E-state index contributed by atoms with van der Waals surface area (Å²) in [4.78, 5) is 41.0. The molecule has 0 bridgehead atoms. The normalized spacial score (nSPS) is 15.7. The number of carbonyl (C=O) groups excluding carboxylic acids is 2. The van der Waals surface area contributed by atoms with E-state index < -0.39 is 34.9 Å². The third kappa shape index (κ3) is 7.14. The molecule has 1 rings (SSSR count). The van der Waals surface area contributed by atoms with Crippen LogP contribution < -0.4 is 10.6 Å². The minimum atomic E-state index is -1.02. The van der Waals surface area contributed by atoms with E-state index in [4.69, 9.17) is 0 Å². The first-order valence-electron chi connectivity index (χ1n) is 11.3. The first-order chi connectivity index (χ1) is 15.0. The fourth-order valence-electron chi connectivity index (χ4n) is 3.91. The number of amides is 2. The summed E-state index contributed by atoms with van der Waals surface area (Å²) in [6.45, 7) is 15.1. The summed E-state index contributed by atoms with van der Waals surface area (Å²) >= 11 is 1.59. The maximum absolute atomic E-state index is 13.6. The second-order valence-corrected chi connectivity index (χ2v) is 11.5. The summed E-state index contributed by atoms with van der Waals surface area (Å²) in [5.74, 6) is -1.54. The molecule has 3 N–H and O–H groups in total. The predicted octanol–water partition coefficient (Wildman–Crippen LogP) is 3.66. The summed E-state index contributed by atoms with van der Waals surface area (Å²) in [5, 5.41) is 17.4. The van der Waals surface area contributed by atoms with E-state index in [0.717, 1.165) is 4.88 Å². The number of nitrogens with zero attached hydrogens (tertiary/aromatic N) is 1. The Balaban J connectivity index is 3.26. The van der Waals surface area contributed by atoms with Crippen molar-refractivity contribution in [3.8, 4) is 0 Å². The molecule has 186 valence electrons. The molecule has 0 spiro atoms. The summed E-state index contributed by atoms with van der Waals surface area (Å²) in [5.41, 5.74) is -0.858. The smallest absolute Gasteiger partial charge is 0.331 e. The van der Waals surface area contributed by atoms with Crippen LogP contribution in [0.1, 0.15) is 60.3 Å². The fourth-order valence-corrected chi connectivity index (χ4v) is 4.79. The fraction of sp³-hybridized carbons (Fsp3) is 0.640. The molecule has 3 atom stereocenters. The third-order valence-electron chi connectivity index (χ3n) is 6.06. The Morgan fingerprint density at radius 1 is 1.12 bits per heavy atom. The molecule has 1 heterocycles. The van der Waals surface area contributed by atoms with E-state index in [2.05, 4.69) is 10.6 Å². The zero-order valence-electron chi connectivity index (χ0n) is 21.6. The SMILES string of the molecule is CN[C@H](C(=O)N[C@H](C(=O)N(C)[C@H](/C=C(\C)C(=O)O)C(C)C)C(C)(C)C)C(C)(C)c1cccs1. The van der Waals surface area contributed by atoms with E-state index in [1.54, 1.807) is 36.4 Å². The Kier molecular flexibility index (Phi) is 9.87. The average Bonchev–Trinajstić information content (AvgIpc) is 3.23. The highest BCUT2D eigenvalue weighted by molar-refractivity contribution is 7.10. The molecule has 7 nitrogen and oxygen atoms in total. The number of carboxylic acid groups (broad SMARTS) is 1. The number of carboxylic acids is 1. The van der Waals surface area contributed by atoms with Crippen molar-refractivity contribution < 1.29 is 19.5 Å². The number of aliphatic carboxylic acids is 1. The van der Waals surface area contributed by atoms with Gasteiger partial charge in [-0.25, -0.2) is 4.79 Å². The van der Waals surface area contributed by atoms with Crippen molar-refractivity contribution in [2.45, 2.75) is 78.9 Å². The molecule has 0 radical (unpaired) electrons. The van der Waals surface area contributed by atoms with Crippen LogP contribution in [0.15, 0.2) is 29.2 Å². The van der Waals surface area contributed by atoms with E-state index >= 15 is 0 Å². The highest BCUT2D eigenvalue weighted by atomic mass is 32.1. The summed E-state index contributed by atoms with van der Waals surface area (Å²) in [6.07, 6.45) is 1.60. The van der Waals surface area contributed by atoms with E-state index in [1.165, 1.54) is 6.92 Å². The molecule has 8 heteroatoms. The van der Waals surface area contributed by atoms with E-state index in [9.17, 15) is 19.5 Å². The molecule has 0 aliphatic carbocycles. The van der Waals surface area contributed by atoms with Crippen LogP contribution >= 0.6 is 11.3 Å². The largest absolute Gasteiger partial charge is 0.478 e. The van der Waals surface area contributed by atoms with Crippen LogP contribution in [0.25, 0.3) is 0 Å². The van der Waals surface area contributed by atoms with Gasteiger partial charge in [0.1, 0.15) is 6.04 Å². The first kappa shape index (κ1) is 28.8. The molecular weight excluding hydrogens is 438 g/mol. The maximum atomic E-state index is 13.6. The zero-order valence-corrected chi connectivity index (χ0v) is 22.5. The number of hydrogen-bond donors (Lipinski definition) is 3. The van der Waals surface area contributed by atoms with Crippen LogP contribution in [0, 0.1) is 11.3 Å².